The Kier molecular flexibility index (Phi) is 6.04. The van der Waals surface area contributed by atoms with Gasteiger partial charge in [0.1, 0.15) is 17.3 Å². The van der Waals surface area contributed by atoms with E-state index in [-0.39, 0.29) is 16.9 Å². The third-order valence-corrected chi connectivity index (χ3v) is 11.3. The number of halogens is 1. The first-order valence-corrected chi connectivity index (χ1v) is 13.6. The van der Waals surface area contributed by atoms with Crippen LogP contribution in [0.5, 0.6) is 11.5 Å². The van der Waals surface area contributed by atoms with Gasteiger partial charge in [0.05, 0.1) is 23.9 Å². The van der Waals surface area contributed by atoms with Gasteiger partial charge in [-0.3, -0.25) is 9.69 Å². The van der Waals surface area contributed by atoms with Crippen LogP contribution < -0.4 is 9.16 Å². The van der Waals surface area contributed by atoms with Crippen LogP contribution in [0.1, 0.15) is 46.1 Å². The van der Waals surface area contributed by atoms with Crippen LogP contribution >= 0.6 is 11.6 Å². The Labute approximate surface area is 185 Å². The van der Waals surface area contributed by atoms with Gasteiger partial charge in [-0.1, -0.05) is 37.5 Å². The quantitative estimate of drug-likeness (QED) is 0.595. The van der Waals surface area contributed by atoms with Crippen molar-refractivity contribution < 1.29 is 18.8 Å². The molecule has 0 aliphatic carbocycles. The van der Waals surface area contributed by atoms with Crippen LogP contribution in [0.25, 0.3) is 0 Å². The van der Waals surface area contributed by atoms with Crippen molar-refractivity contribution in [3.8, 4) is 11.5 Å². The highest BCUT2D eigenvalue weighted by atomic mass is 35.5. The Bertz CT molecular complexity index is 881. The van der Waals surface area contributed by atoms with Crippen LogP contribution in [-0.2, 0) is 9.63 Å². The maximum atomic E-state index is 11.9. The summed E-state index contributed by atoms with van der Waals surface area (Å²) in [6.07, 6.45) is 1.24. The molecule has 3 rings (SSSR count). The minimum atomic E-state index is -2.05. The molecule has 1 aromatic rings. The van der Waals surface area contributed by atoms with Gasteiger partial charge in [-0.2, -0.15) is 0 Å². The van der Waals surface area contributed by atoms with Crippen molar-refractivity contribution in [3.05, 3.63) is 22.7 Å². The van der Waals surface area contributed by atoms with Gasteiger partial charge in [0.25, 0.3) is 8.32 Å². The molecule has 2 aliphatic rings. The highest BCUT2D eigenvalue weighted by molar-refractivity contribution is 6.74. The molecule has 6 nitrogen and oxygen atoms in total. The number of methoxy groups -OCH3 is 1. The second-order valence-corrected chi connectivity index (χ2v) is 15.2. The van der Waals surface area contributed by atoms with E-state index in [0.29, 0.717) is 35.9 Å². The Hall–Kier alpha value is -1.57. The number of carbonyl (C=O) groups is 1. The third-order valence-electron chi connectivity index (χ3n) is 6.68. The van der Waals surface area contributed by atoms with Crippen LogP contribution in [0.3, 0.4) is 0 Å². The van der Waals surface area contributed by atoms with Crippen molar-refractivity contribution >= 4 is 31.4 Å². The van der Waals surface area contributed by atoms with Crippen molar-refractivity contribution in [1.82, 2.24) is 4.90 Å². The molecule has 1 saturated heterocycles. The lowest BCUT2D eigenvalue weighted by Gasteiger charge is -2.36. The average Bonchev–Trinajstić information content (AvgIpc) is 3.18. The molecule has 166 valence electrons. The lowest BCUT2D eigenvalue weighted by atomic mass is 9.91. The largest absolute Gasteiger partial charge is 0.542 e. The number of ether oxygens (including phenoxy) is 1. The molecule has 8 heteroatoms. The standard InChI is InChI=1S/C22H33ClN2O4Si/c1-14(26)18-12-22(13-25(18)5)11-17(24-29-22)15-9-16(23)20(10-19(15)27-6)28-30(7,8)21(2,3)4/h9-10,18H,11-13H2,1-8H3. The minimum Gasteiger partial charge on any atom is -0.542 e. The van der Waals surface area contributed by atoms with Crippen molar-refractivity contribution in [2.45, 2.75) is 70.3 Å². The summed E-state index contributed by atoms with van der Waals surface area (Å²) < 4.78 is 12.1. The molecular weight excluding hydrogens is 420 g/mol. The molecule has 0 saturated carbocycles. The van der Waals surface area contributed by atoms with Crippen LogP contribution in [-0.4, -0.2) is 57.1 Å². The van der Waals surface area contributed by atoms with Gasteiger partial charge in [-0.05, 0) is 38.2 Å². The van der Waals surface area contributed by atoms with E-state index >= 15 is 0 Å². The summed E-state index contributed by atoms with van der Waals surface area (Å²) in [7, 11) is 1.53. The summed E-state index contributed by atoms with van der Waals surface area (Å²) in [4.78, 5) is 19.9. The summed E-state index contributed by atoms with van der Waals surface area (Å²) in [6.45, 7) is 13.2. The maximum Gasteiger partial charge on any atom is 0.250 e. The molecule has 0 radical (unpaired) electrons. The lowest BCUT2D eigenvalue weighted by molar-refractivity contribution is -0.121. The zero-order valence-electron chi connectivity index (χ0n) is 19.3. The number of hydrogen-bond donors (Lipinski definition) is 0. The van der Waals surface area contributed by atoms with Crippen molar-refractivity contribution in [3.63, 3.8) is 0 Å². The number of likely N-dealkylation sites (tertiary alicyclic amines) is 1. The zero-order chi connectivity index (χ0) is 22.5. The van der Waals surface area contributed by atoms with E-state index in [4.69, 9.17) is 25.6 Å². The van der Waals surface area contributed by atoms with Gasteiger partial charge in [0.15, 0.2) is 5.60 Å². The number of hydrogen-bond acceptors (Lipinski definition) is 6. The fraction of sp³-hybridized carbons (Fsp3) is 0.636. The van der Waals surface area contributed by atoms with Crippen molar-refractivity contribution in [2.24, 2.45) is 5.16 Å². The van der Waals surface area contributed by atoms with Gasteiger partial charge >= 0.3 is 0 Å². The van der Waals surface area contributed by atoms with Gasteiger partial charge in [0.2, 0.25) is 0 Å². The fourth-order valence-corrected chi connectivity index (χ4v) is 5.18. The molecule has 2 atom stereocenters. The molecule has 1 fully saturated rings. The van der Waals surface area contributed by atoms with E-state index in [0.717, 1.165) is 11.3 Å². The molecule has 0 amide bonds. The summed E-state index contributed by atoms with van der Waals surface area (Å²) in [6, 6.07) is 3.57. The number of rotatable bonds is 5. The van der Waals surface area contributed by atoms with Gasteiger partial charge in [-0.25, -0.2) is 0 Å². The smallest absolute Gasteiger partial charge is 0.250 e. The van der Waals surface area contributed by atoms with E-state index in [1.54, 1.807) is 14.0 Å². The first kappa shape index (κ1) is 23.1. The summed E-state index contributed by atoms with van der Waals surface area (Å²) in [5.74, 6) is 1.44. The summed E-state index contributed by atoms with van der Waals surface area (Å²) >= 11 is 6.62. The molecule has 1 spiro atoms. The van der Waals surface area contributed by atoms with Crippen molar-refractivity contribution in [2.75, 3.05) is 20.7 Å². The van der Waals surface area contributed by atoms with E-state index in [1.807, 2.05) is 24.1 Å². The normalized spacial score (nSPS) is 24.7. The Morgan fingerprint density at radius 3 is 2.53 bits per heavy atom. The highest BCUT2D eigenvalue weighted by Gasteiger charge is 2.50. The van der Waals surface area contributed by atoms with Gasteiger partial charge < -0.3 is 14.0 Å². The number of ketones is 1. The van der Waals surface area contributed by atoms with Crippen LogP contribution in [0, 0.1) is 0 Å². The second kappa shape index (κ2) is 7.84. The SMILES string of the molecule is COc1cc(O[Si](C)(C)C(C)(C)C)c(Cl)cc1C1=NOC2(C1)CC(C(C)=O)N(C)C2. The molecular formula is C22H33ClN2O4Si. The van der Waals surface area contributed by atoms with Gasteiger partial charge in [-0.15, -0.1) is 0 Å². The third kappa shape index (κ3) is 4.25. The molecule has 2 unspecified atom stereocenters. The topological polar surface area (TPSA) is 60.4 Å². The number of benzene rings is 1. The summed E-state index contributed by atoms with van der Waals surface area (Å²) in [5.41, 5.74) is 1.11. The monoisotopic (exact) mass is 452 g/mol. The minimum absolute atomic E-state index is 0.0553. The maximum absolute atomic E-state index is 11.9. The van der Waals surface area contributed by atoms with Crippen molar-refractivity contribution in [1.29, 1.82) is 0 Å². The molecule has 2 aliphatic heterocycles. The average molecular weight is 453 g/mol. The first-order valence-electron chi connectivity index (χ1n) is 10.3. The number of oxime groups is 1. The molecule has 2 heterocycles. The number of likely N-dealkylation sites (N-methyl/N-ethyl adjacent to an activating group) is 1. The molecule has 0 N–H and O–H groups in total. The number of Topliss-reactive ketones (excluding diaryl/α,β-unsaturated/α-hetero) is 1. The van der Waals surface area contributed by atoms with E-state index in [9.17, 15) is 4.79 Å². The number of nitrogens with zero attached hydrogens (tertiary/aromatic N) is 2. The van der Waals surface area contributed by atoms with E-state index < -0.39 is 13.9 Å². The lowest BCUT2D eigenvalue weighted by Crippen LogP contribution is -2.43. The second-order valence-electron chi connectivity index (χ2n) is 10.1. The predicted molar refractivity (Wildman–Crippen MR) is 123 cm³/mol. The fourth-order valence-electron chi connectivity index (χ4n) is 3.89. The van der Waals surface area contributed by atoms with E-state index in [1.165, 1.54) is 0 Å². The van der Waals surface area contributed by atoms with Crippen LogP contribution in [0.15, 0.2) is 17.3 Å². The molecule has 0 bridgehead atoms. The molecule has 1 aromatic carbocycles. The zero-order valence-corrected chi connectivity index (χ0v) is 21.0. The van der Waals surface area contributed by atoms with Gasteiger partial charge in [0, 0.05) is 31.0 Å². The Balaban J connectivity index is 1.86. The van der Waals surface area contributed by atoms with Crippen LogP contribution in [0.4, 0.5) is 0 Å². The Morgan fingerprint density at radius 1 is 1.33 bits per heavy atom. The Morgan fingerprint density at radius 2 is 2.00 bits per heavy atom. The number of carbonyl (C=O) groups excluding carboxylic acids is 1. The molecule has 0 aromatic heterocycles. The first-order chi connectivity index (χ1) is 13.8. The predicted octanol–water partition coefficient (Wildman–Crippen LogP) is 4.89. The van der Waals surface area contributed by atoms with Crippen LogP contribution in [0.2, 0.25) is 23.2 Å². The summed E-state index contributed by atoms with van der Waals surface area (Å²) in [5, 5.41) is 4.96. The van der Waals surface area contributed by atoms with E-state index in [2.05, 4.69) is 39.0 Å². The molecule has 30 heavy (non-hydrogen) atoms. The highest BCUT2D eigenvalue weighted by Crippen LogP contribution is 2.43.